The lowest BCUT2D eigenvalue weighted by Crippen LogP contribution is -2.09. The molecule has 2 aromatic rings. The Labute approximate surface area is 115 Å². The van der Waals surface area contributed by atoms with Gasteiger partial charge in [-0.25, -0.2) is 0 Å². The topological polar surface area (TPSA) is 17.1 Å². The summed E-state index contributed by atoms with van der Waals surface area (Å²) in [7, 11) is 0. The number of ketones is 1. The molecule has 2 rings (SSSR count). The normalized spacial score (nSPS) is 10.7. The van der Waals surface area contributed by atoms with Crippen LogP contribution in [-0.2, 0) is 11.2 Å². The van der Waals surface area contributed by atoms with Gasteiger partial charge >= 0.3 is 0 Å². The van der Waals surface area contributed by atoms with Crippen molar-refractivity contribution >= 4 is 5.78 Å². The molecular weight excluding hydrogens is 232 g/mol. The first-order valence-electron chi connectivity index (χ1n) is 6.75. The van der Waals surface area contributed by atoms with Crippen molar-refractivity contribution in [2.24, 2.45) is 5.92 Å². The number of benzene rings is 2. The van der Waals surface area contributed by atoms with E-state index in [1.807, 2.05) is 13.8 Å². The molecule has 0 heterocycles. The molecule has 19 heavy (non-hydrogen) atoms. The van der Waals surface area contributed by atoms with Crippen molar-refractivity contribution in [3.05, 3.63) is 59.7 Å². The molecule has 0 aromatic heterocycles. The smallest absolute Gasteiger partial charge is 0.139 e. The summed E-state index contributed by atoms with van der Waals surface area (Å²) in [4.78, 5) is 11.7. The van der Waals surface area contributed by atoms with Crippen molar-refractivity contribution in [2.45, 2.75) is 27.2 Å². The first kappa shape index (κ1) is 13.5. The summed E-state index contributed by atoms with van der Waals surface area (Å²) in [6, 6.07) is 16.7. The third-order valence-corrected chi connectivity index (χ3v) is 3.43. The van der Waals surface area contributed by atoms with Crippen LogP contribution < -0.4 is 0 Å². The summed E-state index contributed by atoms with van der Waals surface area (Å²) < 4.78 is 0. The molecule has 0 atom stereocenters. The second-order valence-corrected chi connectivity index (χ2v) is 5.31. The van der Waals surface area contributed by atoms with Crippen molar-refractivity contribution < 1.29 is 4.79 Å². The van der Waals surface area contributed by atoms with Crippen molar-refractivity contribution in [1.29, 1.82) is 0 Å². The van der Waals surface area contributed by atoms with Crippen LogP contribution >= 0.6 is 0 Å². The molecule has 1 heteroatoms. The number of rotatable bonds is 4. The average Bonchev–Trinajstić information content (AvgIpc) is 2.40. The summed E-state index contributed by atoms with van der Waals surface area (Å²) in [5.74, 6) is 0.402. The van der Waals surface area contributed by atoms with Crippen LogP contribution in [0.2, 0.25) is 0 Å². The molecule has 0 radical (unpaired) electrons. The van der Waals surface area contributed by atoms with Crippen LogP contribution in [0.4, 0.5) is 0 Å². The maximum Gasteiger partial charge on any atom is 0.139 e. The fourth-order valence-corrected chi connectivity index (χ4v) is 2.10. The minimum atomic E-state index is 0.107. The van der Waals surface area contributed by atoms with Gasteiger partial charge in [0.1, 0.15) is 5.78 Å². The molecule has 0 saturated heterocycles. The van der Waals surface area contributed by atoms with E-state index in [0.717, 1.165) is 5.56 Å². The molecule has 0 N–H and O–H groups in total. The number of hydrogen-bond donors (Lipinski definition) is 0. The molecule has 0 unspecified atom stereocenters. The third kappa shape index (κ3) is 3.31. The van der Waals surface area contributed by atoms with Gasteiger partial charge in [0.25, 0.3) is 0 Å². The summed E-state index contributed by atoms with van der Waals surface area (Å²) in [6.07, 6.45) is 0.533. The molecule has 0 aliphatic heterocycles. The van der Waals surface area contributed by atoms with E-state index in [2.05, 4.69) is 55.5 Å². The molecule has 0 saturated carbocycles. The maximum atomic E-state index is 11.7. The van der Waals surface area contributed by atoms with Gasteiger partial charge in [-0.15, -0.1) is 0 Å². The Balaban J connectivity index is 2.20. The van der Waals surface area contributed by atoms with Crippen molar-refractivity contribution in [2.75, 3.05) is 0 Å². The van der Waals surface area contributed by atoms with E-state index in [1.54, 1.807) is 0 Å². The van der Waals surface area contributed by atoms with E-state index in [9.17, 15) is 4.79 Å². The fraction of sp³-hybridized carbons (Fsp3) is 0.278. The van der Waals surface area contributed by atoms with Gasteiger partial charge < -0.3 is 0 Å². The number of carbonyl (C=O) groups is 1. The van der Waals surface area contributed by atoms with Gasteiger partial charge in [-0.05, 0) is 29.2 Å². The molecule has 0 aliphatic rings. The SMILES string of the molecule is Cc1ccccc1-c1ccc(CC(=O)C(C)C)cc1. The van der Waals surface area contributed by atoms with Crippen molar-refractivity contribution in [3.8, 4) is 11.1 Å². The van der Waals surface area contributed by atoms with Gasteiger partial charge in [0.15, 0.2) is 0 Å². The van der Waals surface area contributed by atoms with Crippen molar-refractivity contribution in [3.63, 3.8) is 0 Å². The lowest BCUT2D eigenvalue weighted by Gasteiger charge is -2.08. The predicted molar refractivity (Wildman–Crippen MR) is 80.2 cm³/mol. The van der Waals surface area contributed by atoms with Gasteiger partial charge in [-0.1, -0.05) is 62.4 Å². The molecule has 1 nitrogen and oxygen atoms in total. The van der Waals surface area contributed by atoms with Crippen molar-refractivity contribution in [1.82, 2.24) is 0 Å². The van der Waals surface area contributed by atoms with E-state index in [4.69, 9.17) is 0 Å². The van der Waals surface area contributed by atoms with Crippen LogP contribution in [0.25, 0.3) is 11.1 Å². The highest BCUT2D eigenvalue weighted by Crippen LogP contribution is 2.23. The van der Waals surface area contributed by atoms with Gasteiger partial charge in [0.05, 0.1) is 0 Å². The first-order chi connectivity index (χ1) is 9.08. The van der Waals surface area contributed by atoms with E-state index in [1.165, 1.54) is 16.7 Å². The third-order valence-electron chi connectivity index (χ3n) is 3.43. The summed E-state index contributed by atoms with van der Waals surface area (Å²) >= 11 is 0. The number of hydrogen-bond acceptors (Lipinski definition) is 1. The minimum absolute atomic E-state index is 0.107. The quantitative estimate of drug-likeness (QED) is 0.786. The molecule has 98 valence electrons. The lowest BCUT2D eigenvalue weighted by atomic mass is 9.97. The highest BCUT2D eigenvalue weighted by Gasteiger charge is 2.08. The van der Waals surface area contributed by atoms with Gasteiger partial charge in [-0.3, -0.25) is 4.79 Å². The Kier molecular flexibility index (Phi) is 4.16. The molecule has 0 spiro atoms. The zero-order valence-electron chi connectivity index (χ0n) is 11.8. The highest BCUT2D eigenvalue weighted by atomic mass is 16.1. The minimum Gasteiger partial charge on any atom is -0.299 e. The summed E-state index contributed by atoms with van der Waals surface area (Å²) in [6.45, 7) is 6.01. The number of aryl methyl sites for hydroxylation is 1. The number of Topliss-reactive ketones (excluding diaryl/α,β-unsaturated/α-hetero) is 1. The molecule has 2 aromatic carbocycles. The van der Waals surface area contributed by atoms with E-state index in [-0.39, 0.29) is 5.92 Å². The van der Waals surface area contributed by atoms with E-state index >= 15 is 0 Å². The van der Waals surface area contributed by atoms with Gasteiger partial charge in [0.2, 0.25) is 0 Å². The molecule has 0 aliphatic carbocycles. The van der Waals surface area contributed by atoms with Gasteiger partial charge in [-0.2, -0.15) is 0 Å². The Morgan fingerprint density at radius 1 is 1.00 bits per heavy atom. The Morgan fingerprint density at radius 2 is 1.63 bits per heavy atom. The van der Waals surface area contributed by atoms with E-state index in [0.29, 0.717) is 12.2 Å². The number of carbonyl (C=O) groups excluding carboxylic acids is 1. The maximum absolute atomic E-state index is 11.7. The average molecular weight is 252 g/mol. The van der Waals surface area contributed by atoms with Gasteiger partial charge in [0, 0.05) is 12.3 Å². The predicted octanol–water partition coefficient (Wildman–Crippen LogP) is 4.43. The Hall–Kier alpha value is -1.89. The van der Waals surface area contributed by atoms with Crippen LogP contribution in [0.3, 0.4) is 0 Å². The van der Waals surface area contributed by atoms with Crippen LogP contribution in [0, 0.1) is 12.8 Å². The van der Waals surface area contributed by atoms with Crippen LogP contribution in [0.15, 0.2) is 48.5 Å². The zero-order valence-corrected chi connectivity index (χ0v) is 11.8. The summed E-state index contributed by atoms with van der Waals surface area (Å²) in [5.41, 5.74) is 4.83. The fourth-order valence-electron chi connectivity index (χ4n) is 2.10. The Morgan fingerprint density at radius 3 is 2.21 bits per heavy atom. The Bertz CT molecular complexity index is 564. The molecule has 0 fully saturated rings. The van der Waals surface area contributed by atoms with E-state index < -0.39 is 0 Å². The van der Waals surface area contributed by atoms with Crippen LogP contribution in [-0.4, -0.2) is 5.78 Å². The standard InChI is InChI=1S/C18H20O/c1-13(2)18(19)12-15-8-10-16(11-9-15)17-7-5-4-6-14(17)3/h4-11,13H,12H2,1-3H3. The highest BCUT2D eigenvalue weighted by molar-refractivity contribution is 5.82. The largest absolute Gasteiger partial charge is 0.299 e. The van der Waals surface area contributed by atoms with Crippen LogP contribution in [0.5, 0.6) is 0 Å². The lowest BCUT2D eigenvalue weighted by molar-refractivity contribution is -0.121. The second-order valence-electron chi connectivity index (χ2n) is 5.31. The summed E-state index contributed by atoms with van der Waals surface area (Å²) in [5, 5.41) is 0. The molecule has 0 amide bonds. The first-order valence-corrected chi connectivity index (χ1v) is 6.75. The second kappa shape index (κ2) is 5.83. The monoisotopic (exact) mass is 252 g/mol. The molecular formula is C18H20O. The zero-order chi connectivity index (χ0) is 13.8. The molecule has 0 bridgehead atoms. The van der Waals surface area contributed by atoms with Crippen LogP contribution in [0.1, 0.15) is 25.0 Å².